The summed E-state index contributed by atoms with van der Waals surface area (Å²) in [6, 6.07) is 15.9. The zero-order valence-electron chi connectivity index (χ0n) is 11.5. The third kappa shape index (κ3) is 4.03. The highest BCUT2D eigenvalue weighted by molar-refractivity contribution is 9.10. The third-order valence-electron chi connectivity index (χ3n) is 3.16. The molecule has 2 aromatic rings. The zero-order valence-corrected chi connectivity index (χ0v) is 13.9. The Balaban J connectivity index is 2.39. The summed E-state index contributed by atoms with van der Waals surface area (Å²) in [7, 11) is 0. The quantitative estimate of drug-likeness (QED) is 0.773. The molecule has 21 heavy (non-hydrogen) atoms. The van der Waals surface area contributed by atoms with Crippen LogP contribution in [-0.2, 0) is 6.54 Å². The van der Waals surface area contributed by atoms with Gasteiger partial charge in [0.15, 0.2) is 0 Å². The zero-order chi connectivity index (χ0) is 15.2. The minimum atomic E-state index is 0.0656. The van der Waals surface area contributed by atoms with Gasteiger partial charge in [0.05, 0.1) is 6.61 Å². The molecule has 0 aliphatic heterocycles. The van der Waals surface area contributed by atoms with Gasteiger partial charge >= 0.3 is 0 Å². The molecule has 110 valence electrons. The Labute approximate surface area is 138 Å². The summed E-state index contributed by atoms with van der Waals surface area (Å²) >= 11 is 8.66. The van der Waals surface area contributed by atoms with Gasteiger partial charge in [0.25, 0.3) is 0 Å². The molecular weight excluding hydrogens is 348 g/mol. The van der Waals surface area contributed by atoms with Crippen molar-refractivity contribution in [2.24, 2.45) is 5.73 Å². The lowest BCUT2D eigenvalue weighted by molar-refractivity contribution is 0.301. The number of anilines is 1. The van der Waals surface area contributed by atoms with E-state index in [4.69, 9.17) is 18.0 Å². The smallest absolute Gasteiger partial charge is 0.107 e. The van der Waals surface area contributed by atoms with Crippen molar-refractivity contribution < 1.29 is 5.11 Å². The number of aliphatic hydroxyl groups excluding tert-OH is 1. The predicted molar refractivity (Wildman–Crippen MR) is 94.6 cm³/mol. The van der Waals surface area contributed by atoms with E-state index in [0.717, 1.165) is 15.7 Å². The molecule has 0 atom stereocenters. The van der Waals surface area contributed by atoms with Crippen molar-refractivity contribution in [3.8, 4) is 0 Å². The van der Waals surface area contributed by atoms with Gasteiger partial charge < -0.3 is 15.7 Å². The van der Waals surface area contributed by atoms with Crippen molar-refractivity contribution in [1.82, 2.24) is 0 Å². The van der Waals surface area contributed by atoms with Gasteiger partial charge in [-0.1, -0.05) is 48.6 Å². The standard InChI is InChI=1S/C16H17BrN2OS/c17-13-7-4-8-14(15(13)16(18)21)19(9-10-20)11-12-5-2-1-3-6-12/h1-8,20H,9-11H2,(H2,18,21). The number of halogens is 1. The summed E-state index contributed by atoms with van der Waals surface area (Å²) in [6.45, 7) is 1.27. The molecule has 0 saturated heterocycles. The van der Waals surface area contributed by atoms with Crippen molar-refractivity contribution in [2.45, 2.75) is 6.54 Å². The summed E-state index contributed by atoms with van der Waals surface area (Å²) in [5, 5.41) is 9.36. The van der Waals surface area contributed by atoms with Crippen molar-refractivity contribution >= 4 is 38.8 Å². The van der Waals surface area contributed by atoms with E-state index in [2.05, 4.69) is 33.0 Å². The van der Waals surface area contributed by atoms with Gasteiger partial charge in [-0.15, -0.1) is 0 Å². The molecule has 0 aliphatic carbocycles. The van der Waals surface area contributed by atoms with Crippen LogP contribution in [0.4, 0.5) is 5.69 Å². The Kier molecular flexibility index (Phi) is 5.73. The predicted octanol–water partition coefficient (Wildman–Crippen LogP) is 3.08. The summed E-state index contributed by atoms with van der Waals surface area (Å²) in [5.41, 5.74) is 8.75. The number of hydrogen-bond acceptors (Lipinski definition) is 3. The number of benzene rings is 2. The molecule has 0 fully saturated rings. The molecule has 0 radical (unpaired) electrons. The van der Waals surface area contributed by atoms with Crippen LogP contribution in [0.3, 0.4) is 0 Å². The fourth-order valence-electron chi connectivity index (χ4n) is 2.23. The molecule has 0 amide bonds. The van der Waals surface area contributed by atoms with Crippen molar-refractivity contribution in [3.05, 3.63) is 64.1 Å². The first-order valence-electron chi connectivity index (χ1n) is 6.61. The maximum absolute atomic E-state index is 9.36. The molecule has 0 spiro atoms. The van der Waals surface area contributed by atoms with E-state index in [9.17, 15) is 5.11 Å². The van der Waals surface area contributed by atoms with E-state index >= 15 is 0 Å². The maximum atomic E-state index is 9.36. The highest BCUT2D eigenvalue weighted by Gasteiger charge is 2.15. The number of nitrogens with two attached hydrogens (primary N) is 1. The monoisotopic (exact) mass is 364 g/mol. The van der Waals surface area contributed by atoms with E-state index in [1.165, 1.54) is 5.56 Å². The Hall–Kier alpha value is -1.43. The van der Waals surface area contributed by atoms with Gasteiger partial charge in [-0.2, -0.15) is 0 Å². The molecule has 3 nitrogen and oxygen atoms in total. The summed E-state index contributed by atoms with van der Waals surface area (Å²) in [6.07, 6.45) is 0. The number of hydrogen-bond donors (Lipinski definition) is 2. The molecule has 0 heterocycles. The molecule has 0 saturated carbocycles. The fraction of sp³-hybridized carbons (Fsp3) is 0.188. The van der Waals surface area contributed by atoms with E-state index in [0.29, 0.717) is 18.1 Å². The Morgan fingerprint density at radius 1 is 1.14 bits per heavy atom. The van der Waals surface area contributed by atoms with Gasteiger partial charge in [-0.05, 0) is 33.6 Å². The van der Waals surface area contributed by atoms with Crippen LogP contribution in [0.15, 0.2) is 53.0 Å². The van der Waals surface area contributed by atoms with Crippen LogP contribution in [0.25, 0.3) is 0 Å². The Morgan fingerprint density at radius 2 is 1.86 bits per heavy atom. The van der Waals surface area contributed by atoms with Gasteiger partial charge in [0.2, 0.25) is 0 Å². The van der Waals surface area contributed by atoms with Crippen LogP contribution in [-0.4, -0.2) is 23.2 Å². The third-order valence-corrected chi connectivity index (χ3v) is 4.03. The van der Waals surface area contributed by atoms with E-state index < -0.39 is 0 Å². The molecular formula is C16H17BrN2OS. The SMILES string of the molecule is NC(=S)c1c(Br)cccc1N(CCO)Cc1ccccc1. The number of thiocarbonyl (C=S) groups is 1. The highest BCUT2D eigenvalue weighted by atomic mass is 79.9. The molecule has 0 aliphatic rings. The van der Waals surface area contributed by atoms with Crippen LogP contribution >= 0.6 is 28.1 Å². The second kappa shape index (κ2) is 7.54. The van der Waals surface area contributed by atoms with Crippen LogP contribution < -0.4 is 10.6 Å². The Morgan fingerprint density at radius 3 is 2.48 bits per heavy atom. The second-order valence-corrected chi connectivity index (χ2v) is 5.92. The van der Waals surface area contributed by atoms with Crippen LogP contribution in [0, 0.1) is 0 Å². The largest absolute Gasteiger partial charge is 0.395 e. The molecule has 3 N–H and O–H groups in total. The molecule has 0 bridgehead atoms. The normalized spacial score (nSPS) is 10.4. The first kappa shape index (κ1) is 15.9. The molecule has 2 aromatic carbocycles. The average Bonchev–Trinajstić information content (AvgIpc) is 2.47. The van der Waals surface area contributed by atoms with Gasteiger partial charge in [0, 0.05) is 28.8 Å². The van der Waals surface area contributed by atoms with Gasteiger partial charge in [-0.25, -0.2) is 0 Å². The van der Waals surface area contributed by atoms with Crippen molar-refractivity contribution in [1.29, 1.82) is 0 Å². The number of rotatable bonds is 6. The fourth-order valence-corrected chi connectivity index (χ4v) is 3.14. The lowest BCUT2D eigenvalue weighted by atomic mass is 10.1. The lowest BCUT2D eigenvalue weighted by Crippen LogP contribution is -2.28. The minimum absolute atomic E-state index is 0.0656. The van der Waals surface area contributed by atoms with E-state index in [1.54, 1.807) is 0 Å². The van der Waals surface area contributed by atoms with E-state index in [-0.39, 0.29) is 6.61 Å². The van der Waals surface area contributed by atoms with Crippen LogP contribution in [0.2, 0.25) is 0 Å². The number of nitrogens with zero attached hydrogens (tertiary/aromatic N) is 1. The summed E-state index contributed by atoms with van der Waals surface area (Å²) in [4.78, 5) is 2.42. The highest BCUT2D eigenvalue weighted by Crippen LogP contribution is 2.28. The van der Waals surface area contributed by atoms with E-state index in [1.807, 2.05) is 36.4 Å². The summed E-state index contributed by atoms with van der Waals surface area (Å²) in [5.74, 6) is 0. The number of aliphatic hydroxyl groups is 1. The first-order chi connectivity index (χ1) is 10.1. The maximum Gasteiger partial charge on any atom is 0.107 e. The van der Waals surface area contributed by atoms with Gasteiger partial charge in [-0.3, -0.25) is 0 Å². The van der Waals surface area contributed by atoms with Crippen molar-refractivity contribution in [2.75, 3.05) is 18.1 Å². The van der Waals surface area contributed by atoms with Crippen molar-refractivity contribution in [3.63, 3.8) is 0 Å². The molecule has 0 aromatic heterocycles. The van der Waals surface area contributed by atoms with Crippen LogP contribution in [0.1, 0.15) is 11.1 Å². The first-order valence-corrected chi connectivity index (χ1v) is 7.81. The summed E-state index contributed by atoms with van der Waals surface area (Å²) < 4.78 is 0.864. The van der Waals surface area contributed by atoms with Gasteiger partial charge in [0.1, 0.15) is 4.99 Å². The topological polar surface area (TPSA) is 49.5 Å². The average molecular weight is 365 g/mol. The lowest BCUT2D eigenvalue weighted by Gasteiger charge is -2.27. The second-order valence-electron chi connectivity index (χ2n) is 4.63. The molecule has 2 rings (SSSR count). The Bertz CT molecular complexity index is 619. The molecule has 0 unspecified atom stereocenters. The minimum Gasteiger partial charge on any atom is -0.395 e. The van der Waals surface area contributed by atoms with Crippen LogP contribution in [0.5, 0.6) is 0 Å². The molecule has 5 heteroatoms.